The fourth-order valence-electron chi connectivity index (χ4n) is 2.24. The molecule has 2 rings (SSSR count). The molecule has 1 aliphatic heterocycles. The number of carbonyl (C=O) groups is 2. The van der Waals surface area contributed by atoms with Crippen molar-refractivity contribution < 1.29 is 14.7 Å². The zero-order chi connectivity index (χ0) is 11.8. The lowest BCUT2D eigenvalue weighted by atomic mass is 9.87. The summed E-state index contributed by atoms with van der Waals surface area (Å²) in [7, 11) is 1.51. The van der Waals surface area contributed by atoms with Gasteiger partial charge in [-0.3, -0.25) is 4.79 Å². The minimum Gasteiger partial charge on any atom is -0.547 e. The summed E-state index contributed by atoms with van der Waals surface area (Å²) in [5.74, 6) is -1.37. The number of benzene rings is 1. The van der Waals surface area contributed by atoms with Gasteiger partial charge in [-0.1, -0.05) is 30.3 Å². The minimum atomic E-state index is -1.29. The lowest BCUT2D eigenvalue weighted by Crippen LogP contribution is -2.53. The number of carboxylic acid groups (broad SMARTS) is 1. The van der Waals surface area contributed by atoms with E-state index in [1.165, 1.54) is 11.9 Å². The second-order valence-electron chi connectivity index (χ2n) is 3.97. The maximum absolute atomic E-state index is 11.5. The second-order valence-corrected chi connectivity index (χ2v) is 3.97. The zero-order valence-corrected chi connectivity index (χ0v) is 8.97. The van der Waals surface area contributed by atoms with Gasteiger partial charge in [-0.15, -0.1) is 0 Å². The Labute approximate surface area is 93.5 Å². The summed E-state index contributed by atoms with van der Waals surface area (Å²) in [5.41, 5.74) is -0.693. The molecule has 84 valence electrons. The summed E-state index contributed by atoms with van der Waals surface area (Å²) in [6.45, 7) is 0. The Morgan fingerprint density at radius 2 is 2.00 bits per heavy atom. The standard InChI is InChI=1S/C12H13NO3/c1-13-10(14)7-8-12(13,11(15)16)9-5-3-2-4-6-9/h2-6H,7-8H2,1H3,(H,15,16)/p-1/t12-/m0/s1. The molecule has 1 aliphatic rings. The second kappa shape index (κ2) is 3.63. The first-order valence-electron chi connectivity index (χ1n) is 5.12. The van der Waals surface area contributed by atoms with E-state index in [4.69, 9.17) is 0 Å². The highest BCUT2D eigenvalue weighted by Crippen LogP contribution is 2.37. The van der Waals surface area contributed by atoms with E-state index in [0.717, 1.165) is 0 Å². The Kier molecular flexibility index (Phi) is 2.42. The fraction of sp³-hybridized carbons (Fsp3) is 0.333. The number of nitrogens with zero attached hydrogens (tertiary/aromatic N) is 1. The Morgan fingerprint density at radius 3 is 2.44 bits per heavy atom. The maximum atomic E-state index is 11.5. The van der Waals surface area contributed by atoms with Crippen molar-refractivity contribution in [1.29, 1.82) is 0 Å². The predicted octanol–water partition coefficient (Wildman–Crippen LogP) is -0.116. The molecule has 0 saturated carbocycles. The molecule has 1 aromatic carbocycles. The van der Waals surface area contributed by atoms with Gasteiger partial charge in [-0.25, -0.2) is 0 Å². The van der Waals surface area contributed by atoms with Crippen molar-refractivity contribution in [3.63, 3.8) is 0 Å². The molecule has 1 aromatic rings. The molecule has 1 atom stereocenters. The lowest BCUT2D eigenvalue weighted by Gasteiger charge is -2.37. The summed E-state index contributed by atoms with van der Waals surface area (Å²) in [5, 5.41) is 11.4. The molecule has 1 saturated heterocycles. The Bertz CT molecular complexity index is 429. The fourth-order valence-corrected chi connectivity index (χ4v) is 2.24. The van der Waals surface area contributed by atoms with Crippen LogP contribution >= 0.6 is 0 Å². The van der Waals surface area contributed by atoms with Crippen LogP contribution in [0.25, 0.3) is 0 Å². The highest BCUT2D eigenvalue weighted by Gasteiger charge is 2.45. The number of amides is 1. The van der Waals surface area contributed by atoms with Gasteiger partial charge in [0.2, 0.25) is 5.91 Å². The monoisotopic (exact) mass is 218 g/mol. The summed E-state index contributed by atoms with van der Waals surface area (Å²) < 4.78 is 0. The van der Waals surface area contributed by atoms with Crippen LogP contribution in [0.15, 0.2) is 30.3 Å². The van der Waals surface area contributed by atoms with Gasteiger partial charge in [0.05, 0.1) is 5.97 Å². The van der Waals surface area contributed by atoms with E-state index in [9.17, 15) is 14.7 Å². The van der Waals surface area contributed by atoms with E-state index in [1.807, 2.05) is 6.07 Å². The molecule has 1 amide bonds. The number of carbonyl (C=O) groups excluding carboxylic acids is 2. The minimum absolute atomic E-state index is 0.159. The molecule has 16 heavy (non-hydrogen) atoms. The number of rotatable bonds is 2. The SMILES string of the molecule is CN1C(=O)CC[C@@]1(C(=O)[O-])c1ccccc1. The molecule has 0 radical (unpaired) electrons. The molecule has 0 aliphatic carbocycles. The molecule has 0 aromatic heterocycles. The molecular weight excluding hydrogens is 206 g/mol. The lowest BCUT2D eigenvalue weighted by molar-refractivity contribution is -0.318. The largest absolute Gasteiger partial charge is 0.547 e. The van der Waals surface area contributed by atoms with Gasteiger partial charge < -0.3 is 14.8 Å². The number of aliphatic carboxylic acids is 1. The van der Waals surface area contributed by atoms with Gasteiger partial charge in [0.1, 0.15) is 5.54 Å². The van der Waals surface area contributed by atoms with Crippen LogP contribution in [0.1, 0.15) is 18.4 Å². The number of hydrogen-bond donors (Lipinski definition) is 0. The van der Waals surface area contributed by atoms with Crippen LogP contribution < -0.4 is 5.11 Å². The summed E-state index contributed by atoms with van der Waals surface area (Å²) in [6.07, 6.45) is 0.522. The van der Waals surface area contributed by atoms with E-state index >= 15 is 0 Å². The van der Waals surface area contributed by atoms with E-state index in [0.29, 0.717) is 5.56 Å². The molecule has 0 bridgehead atoms. The van der Waals surface area contributed by atoms with Crippen molar-refractivity contribution in [2.45, 2.75) is 18.4 Å². The first-order valence-corrected chi connectivity index (χ1v) is 5.12. The summed E-state index contributed by atoms with van der Waals surface area (Å²) in [4.78, 5) is 24.2. The van der Waals surface area contributed by atoms with Gasteiger partial charge in [-0.05, 0) is 12.0 Å². The molecule has 0 spiro atoms. The third-order valence-electron chi connectivity index (χ3n) is 3.24. The highest BCUT2D eigenvalue weighted by molar-refractivity contribution is 5.90. The van der Waals surface area contributed by atoms with Crippen molar-refractivity contribution in [3.8, 4) is 0 Å². The molecule has 4 nitrogen and oxygen atoms in total. The number of likely N-dealkylation sites (tertiary alicyclic amines) is 1. The molecule has 0 N–H and O–H groups in total. The molecular formula is C12H12NO3-. The molecule has 1 heterocycles. The van der Waals surface area contributed by atoms with Gasteiger partial charge >= 0.3 is 0 Å². The smallest absolute Gasteiger partial charge is 0.223 e. The summed E-state index contributed by atoms with van der Waals surface area (Å²) >= 11 is 0. The van der Waals surface area contributed by atoms with Crippen molar-refractivity contribution >= 4 is 11.9 Å². The average Bonchev–Trinajstić information content (AvgIpc) is 2.59. The van der Waals surface area contributed by atoms with E-state index in [2.05, 4.69) is 0 Å². The van der Waals surface area contributed by atoms with Gasteiger partial charge in [0.25, 0.3) is 0 Å². The van der Waals surface area contributed by atoms with Crippen LogP contribution in [0, 0.1) is 0 Å². The first-order chi connectivity index (χ1) is 7.59. The van der Waals surface area contributed by atoms with Crippen LogP contribution in [0.5, 0.6) is 0 Å². The van der Waals surface area contributed by atoms with E-state index < -0.39 is 11.5 Å². The zero-order valence-electron chi connectivity index (χ0n) is 8.97. The predicted molar refractivity (Wildman–Crippen MR) is 55.1 cm³/mol. The molecule has 1 fully saturated rings. The third-order valence-corrected chi connectivity index (χ3v) is 3.24. The first kappa shape index (κ1) is 10.7. The normalized spacial score (nSPS) is 24.8. The average molecular weight is 218 g/mol. The number of likely N-dealkylation sites (N-methyl/N-ethyl adjacent to an activating group) is 1. The quantitative estimate of drug-likeness (QED) is 0.695. The highest BCUT2D eigenvalue weighted by atomic mass is 16.4. The van der Waals surface area contributed by atoms with Crippen molar-refractivity contribution in [1.82, 2.24) is 4.90 Å². The summed E-state index contributed by atoms with van der Waals surface area (Å²) in [6, 6.07) is 8.76. The Morgan fingerprint density at radius 1 is 1.38 bits per heavy atom. The van der Waals surface area contributed by atoms with Gasteiger partial charge in [-0.2, -0.15) is 0 Å². The van der Waals surface area contributed by atoms with Crippen LogP contribution in [-0.2, 0) is 15.1 Å². The maximum Gasteiger partial charge on any atom is 0.223 e. The van der Waals surface area contributed by atoms with Crippen LogP contribution in [-0.4, -0.2) is 23.8 Å². The Balaban J connectivity index is 2.54. The topological polar surface area (TPSA) is 60.4 Å². The van der Waals surface area contributed by atoms with Gasteiger partial charge in [0.15, 0.2) is 0 Å². The van der Waals surface area contributed by atoms with Crippen LogP contribution in [0.2, 0.25) is 0 Å². The van der Waals surface area contributed by atoms with E-state index in [-0.39, 0.29) is 18.7 Å². The van der Waals surface area contributed by atoms with E-state index in [1.54, 1.807) is 24.3 Å². The molecule has 4 heteroatoms. The van der Waals surface area contributed by atoms with Crippen molar-refractivity contribution in [3.05, 3.63) is 35.9 Å². The van der Waals surface area contributed by atoms with Gasteiger partial charge in [0, 0.05) is 13.5 Å². The molecule has 0 unspecified atom stereocenters. The number of carboxylic acids is 1. The third kappa shape index (κ3) is 1.30. The number of hydrogen-bond acceptors (Lipinski definition) is 3. The van der Waals surface area contributed by atoms with Crippen LogP contribution in [0.3, 0.4) is 0 Å². The van der Waals surface area contributed by atoms with Crippen LogP contribution in [0.4, 0.5) is 0 Å². The van der Waals surface area contributed by atoms with Crippen molar-refractivity contribution in [2.75, 3.05) is 7.05 Å². The van der Waals surface area contributed by atoms with Crippen molar-refractivity contribution in [2.24, 2.45) is 0 Å². The Hall–Kier alpha value is -1.84.